The highest BCUT2D eigenvalue weighted by atomic mass is 79.9. The lowest BCUT2D eigenvalue weighted by atomic mass is 10.3. The number of amides is 1. The van der Waals surface area contributed by atoms with Gasteiger partial charge < -0.3 is 5.32 Å². The molecule has 0 saturated heterocycles. The summed E-state index contributed by atoms with van der Waals surface area (Å²) in [7, 11) is 0. The van der Waals surface area contributed by atoms with Gasteiger partial charge in [0.2, 0.25) is 5.91 Å². The number of aromatic nitrogens is 4. The minimum absolute atomic E-state index is 0.0428. The molecule has 0 atom stereocenters. The van der Waals surface area contributed by atoms with E-state index in [2.05, 4.69) is 47.4 Å². The molecule has 0 radical (unpaired) electrons. The van der Waals surface area contributed by atoms with Crippen LogP contribution in [0.5, 0.6) is 0 Å². The van der Waals surface area contributed by atoms with Crippen LogP contribution in [-0.2, 0) is 17.9 Å². The van der Waals surface area contributed by atoms with Crippen LogP contribution in [-0.4, -0.2) is 32.0 Å². The third-order valence-corrected chi connectivity index (χ3v) is 4.89. The van der Waals surface area contributed by atoms with Crippen molar-refractivity contribution < 1.29 is 4.79 Å². The molecule has 2 aromatic heterocycles. The standard InChI is InChI=1S/C14H19Br2N5O/c1-10-14(16)11(2)21(19-10)6-3-5-17-13(22)4-7-20-9-12(15)8-18-20/h8-9H,3-7H2,1-2H3,(H,17,22). The molecule has 0 fully saturated rings. The Morgan fingerprint density at radius 3 is 2.68 bits per heavy atom. The predicted molar refractivity (Wildman–Crippen MR) is 91.6 cm³/mol. The highest BCUT2D eigenvalue weighted by Gasteiger charge is 2.08. The maximum Gasteiger partial charge on any atom is 0.221 e. The molecule has 6 nitrogen and oxygen atoms in total. The van der Waals surface area contributed by atoms with Crippen molar-refractivity contribution >= 4 is 37.8 Å². The van der Waals surface area contributed by atoms with Crippen molar-refractivity contribution in [1.82, 2.24) is 24.9 Å². The number of nitrogens with zero attached hydrogens (tertiary/aromatic N) is 4. The van der Waals surface area contributed by atoms with Gasteiger partial charge in [-0.1, -0.05) is 0 Å². The SMILES string of the molecule is Cc1nn(CCCNC(=O)CCn2cc(Br)cn2)c(C)c1Br. The molecule has 120 valence electrons. The van der Waals surface area contributed by atoms with Crippen LogP contribution in [0.25, 0.3) is 0 Å². The quantitative estimate of drug-likeness (QED) is 0.684. The van der Waals surface area contributed by atoms with Crippen molar-refractivity contribution in [3.63, 3.8) is 0 Å². The normalized spacial score (nSPS) is 10.9. The van der Waals surface area contributed by atoms with E-state index < -0.39 is 0 Å². The highest BCUT2D eigenvalue weighted by molar-refractivity contribution is 9.10. The molecule has 8 heteroatoms. The van der Waals surface area contributed by atoms with E-state index in [1.165, 1.54) is 0 Å². The number of rotatable bonds is 7. The van der Waals surface area contributed by atoms with Gasteiger partial charge in [-0.15, -0.1) is 0 Å². The topological polar surface area (TPSA) is 64.7 Å². The Hall–Kier alpha value is -1.15. The lowest BCUT2D eigenvalue weighted by Gasteiger charge is -2.07. The number of nitrogens with one attached hydrogen (secondary N) is 1. The van der Waals surface area contributed by atoms with Crippen LogP contribution in [0.15, 0.2) is 21.3 Å². The molecule has 2 rings (SSSR count). The summed E-state index contributed by atoms with van der Waals surface area (Å²) in [5.74, 6) is 0.0428. The number of hydrogen-bond donors (Lipinski definition) is 1. The van der Waals surface area contributed by atoms with E-state index in [-0.39, 0.29) is 5.91 Å². The fraction of sp³-hybridized carbons (Fsp3) is 0.500. The Bertz CT molecular complexity index is 650. The van der Waals surface area contributed by atoms with Gasteiger partial charge in [-0.2, -0.15) is 10.2 Å². The smallest absolute Gasteiger partial charge is 0.221 e. The second kappa shape index (κ2) is 7.92. The van der Waals surface area contributed by atoms with Crippen molar-refractivity contribution in [2.75, 3.05) is 6.54 Å². The van der Waals surface area contributed by atoms with Crippen LogP contribution in [0.1, 0.15) is 24.2 Å². The van der Waals surface area contributed by atoms with Gasteiger partial charge in [0, 0.05) is 37.9 Å². The number of carbonyl (C=O) groups excluding carboxylic acids is 1. The first-order valence-electron chi connectivity index (χ1n) is 7.11. The minimum Gasteiger partial charge on any atom is -0.356 e. The zero-order chi connectivity index (χ0) is 16.1. The maximum atomic E-state index is 11.8. The third kappa shape index (κ3) is 4.67. The molecule has 0 aliphatic heterocycles. The number of aryl methyl sites for hydroxylation is 3. The van der Waals surface area contributed by atoms with Gasteiger partial charge in [0.25, 0.3) is 0 Å². The van der Waals surface area contributed by atoms with Gasteiger partial charge in [-0.25, -0.2) is 0 Å². The molecule has 1 amide bonds. The van der Waals surface area contributed by atoms with E-state index >= 15 is 0 Å². The number of carbonyl (C=O) groups is 1. The fourth-order valence-electron chi connectivity index (χ4n) is 2.11. The van der Waals surface area contributed by atoms with Gasteiger partial charge in [0.05, 0.1) is 20.8 Å². The zero-order valence-electron chi connectivity index (χ0n) is 12.6. The Balaban J connectivity index is 1.65. The molecule has 2 heterocycles. The average molecular weight is 433 g/mol. The van der Waals surface area contributed by atoms with Gasteiger partial charge in [0.15, 0.2) is 0 Å². The summed E-state index contributed by atoms with van der Waals surface area (Å²) in [6, 6.07) is 0. The van der Waals surface area contributed by atoms with E-state index in [9.17, 15) is 4.79 Å². The summed E-state index contributed by atoms with van der Waals surface area (Å²) in [5, 5.41) is 11.5. The minimum atomic E-state index is 0.0428. The maximum absolute atomic E-state index is 11.8. The molecule has 0 aliphatic rings. The fourth-order valence-corrected chi connectivity index (χ4v) is 2.73. The summed E-state index contributed by atoms with van der Waals surface area (Å²) in [6.45, 7) is 6.04. The zero-order valence-corrected chi connectivity index (χ0v) is 15.8. The summed E-state index contributed by atoms with van der Waals surface area (Å²) in [6.07, 6.45) is 4.85. The van der Waals surface area contributed by atoms with Crippen LogP contribution < -0.4 is 5.32 Å². The first-order chi connectivity index (χ1) is 10.5. The Kier molecular flexibility index (Phi) is 6.19. The number of hydrogen-bond acceptors (Lipinski definition) is 3. The van der Waals surface area contributed by atoms with E-state index in [0.717, 1.165) is 33.3 Å². The molecule has 22 heavy (non-hydrogen) atoms. The van der Waals surface area contributed by atoms with Gasteiger partial charge >= 0.3 is 0 Å². The molecule has 0 aromatic carbocycles. The molecule has 0 saturated carbocycles. The largest absolute Gasteiger partial charge is 0.356 e. The summed E-state index contributed by atoms with van der Waals surface area (Å²) < 4.78 is 5.69. The molecule has 2 aromatic rings. The first-order valence-corrected chi connectivity index (χ1v) is 8.70. The molecular weight excluding hydrogens is 414 g/mol. The van der Waals surface area contributed by atoms with Gasteiger partial charge in [-0.3, -0.25) is 14.2 Å². The lowest BCUT2D eigenvalue weighted by Crippen LogP contribution is -2.26. The summed E-state index contributed by atoms with van der Waals surface area (Å²) in [5.41, 5.74) is 2.11. The van der Waals surface area contributed by atoms with Crippen molar-refractivity contribution in [3.8, 4) is 0 Å². The average Bonchev–Trinajstić information content (AvgIpc) is 3.01. The second-order valence-corrected chi connectivity index (χ2v) is 6.79. The van der Waals surface area contributed by atoms with Crippen molar-refractivity contribution in [1.29, 1.82) is 0 Å². The molecule has 0 spiro atoms. The van der Waals surface area contributed by atoms with E-state index in [4.69, 9.17) is 0 Å². The molecule has 0 aliphatic carbocycles. The molecule has 1 N–H and O–H groups in total. The van der Waals surface area contributed by atoms with E-state index in [1.54, 1.807) is 10.9 Å². The van der Waals surface area contributed by atoms with Crippen molar-refractivity contribution in [2.24, 2.45) is 0 Å². The highest BCUT2D eigenvalue weighted by Crippen LogP contribution is 2.19. The van der Waals surface area contributed by atoms with Crippen LogP contribution in [0, 0.1) is 13.8 Å². The molecular formula is C14H19Br2N5O. The third-order valence-electron chi connectivity index (χ3n) is 3.33. The van der Waals surface area contributed by atoms with Crippen molar-refractivity contribution in [3.05, 3.63) is 32.7 Å². The van der Waals surface area contributed by atoms with Crippen LogP contribution >= 0.6 is 31.9 Å². The number of halogens is 2. The van der Waals surface area contributed by atoms with Gasteiger partial charge in [0.1, 0.15) is 0 Å². The molecule has 0 unspecified atom stereocenters. The Morgan fingerprint density at radius 1 is 1.32 bits per heavy atom. The lowest BCUT2D eigenvalue weighted by molar-refractivity contribution is -0.121. The summed E-state index contributed by atoms with van der Waals surface area (Å²) in [4.78, 5) is 11.8. The van der Waals surface area contributed by atoms with Crippen molar-refractivity contribution in [2.45, 2.75) is 39.8 Å². The predicted octanol–water partition coefficient (Wildman–Crippen LogP) is 2.82. The second-order valence-electron chi connectivity index (χ2n) is 5.08. The van der Waals surface area contributed by atoms with Crippen LogP contribution in [0.3, 0.4) is 0 Å². The Morgan fingerprint density at radius 2 is 2.09 bits per heavy atom. The monoisotopic (exact) mass is 431 g/mol. The van der Waals surface area contributed by atoms with Crippen LogP contribution in [0.4, 0.5) is 0 Å². The first kappa shape index (κ1) is 17.2. The summed E-state index contributed by atoms with van der Waals surface area (Å²) >= 11 is 6.84. The molecule has 0 bridgehead atoms. The van der Waals surface area contributed by atoms with Crippen LogP contribution in [0.2, 0.25) is 0 Å². The van der Waals surface area contributed by atoms with Gasteiger partial charge in [-0.05, 0) is 52.1 Å². The van der Waals surface area contributed by atoms with E-state index in [1.807, 2.05) is 24.7 Å². The van der Waals surface area contributed by atoms with E-state index in [0.29, 0.717) is 19.5 Å². The Labute approximate surface area is 146 Å².